The molecule has 0 bridgehead atoms. The lowest BCUT2D eigenvalue weighted by atomic mass is 10.3. The standard InChI is InChI=1S/C10H9N3O2/c1-7-3-5-13(12-7)8-2-4-11-9(6-8)10(14)15/h2-6H,1H3,(H,14,15). The quantitative estimate of drug-likeness (QED) is 0.798. The largest absolute Gasteiger partial charge is 0.477 e. The number of carboxylic acids is 1. The second-order valence-corrected chi connectivity index (χ2v) is 3.11. The number of aromatic nitrogens is 3. The van der Waals surface area contributed by atoms with Gasteiger partial charge in [-0.05, 0) is 25.1 Å². The monoisotopic (exact) mass is 203 g/mol. The van der Waals surface area contributed by atoms with E-state index in [1.54, 1.807) is 16.9 Å². The Kier molecular flexibility index (Phi) is 2.21. The van der Waals surface area contributed by atoms with Crippen LogP contribution in [0.15, 0.2) is 30.6 Å². The van der Waals surface area contributed by atoms with E-state index in [1.165, 1.54) is 12.3 Å². The average molecular weight is 203 g/mol. The fourth-order valence-electron chi connectivity index (χ4n) is 1.24. The Morgan fingerprint density at radius 3 is 2.87 bits per heavy atom. The highest BCUT2D eigenvalue weighted by Crippen LogP contribution is 2.08. The fraction of sp³-hybridized carbons (Fsp3) is 0.100. The Balaban J connectivity index is 2.45. The normalized spacial score (nSPS) is 10.2. The topological polar surface area (TPSA) is 68.0 Å². The van der Waals surface area contributed by atoms with E-state index < -0.39 is 5.97 Å². The summed E-state index contributed by atoms with van der Waals surface area (Å²) in [7, 11) is 0. The summed E-state index contributed by atoms with van der Waals surface area (Å²) in [5, 5.41) is 12.9. The maximum atomic E-state index is 10.7. The van der Waals surface area contributed by atoms with Crippen LogP contribution < -0.4 is 0 Å². The molecule has 2 heterocycles. The summed E-state index contributed by atoms with van der Waals surface area (Å²) in [5.74, 6) is -1.04. The van der Waals surface area contributed by atoms with Gasteiger partial charge < -0.3 is 5.11 Å². The fourth-order valence-corrected chi connectivity index (χ4v) is 1.24. The van der Waals surface area contributed by atoms with Crippen LogP contribution in [0.3, 0.4) is 0 Å². The molecule has 0 aliphatic carbocycles. The summed E-state index contributed by atoms with van der Waals surface area (Å²) in [6.45, 7) is 1.87. The average Bonchev–Trinajstić information content (AvgIpc) is 2.65. The van der Waals surface area contributed by atoms with Crippen LogP contribution in [-0.2, 0) is 0 Å². The molecule has 2 rings (SSSR count). The van der Waals surface area contributed by atoms with Crippen molar-refractivity contribution in [3.8, 4) is 5.69 Å². The van der Waals surface area contributed by atoms with Crippen LogP contribution in [0.2, 0.25) is 0 Å². The maximum absolute atomic E-state index is 10.7. The van der Waals surface area contributed by atoms with Crippen molar-refractivity contribution in [2.45, 2.75) is 6.92 Å². The second-order valence-electron chi connectivity index (χ2n) is 3.11. The number of rotatable bonds is 2. The Hall–Kier alpha value is -2.17. The molecule has 0 aliphatic heterocycles. The van der Waals surface area contributed by atoms with E-state index in [-0.39, 0.29) is 5.69 Å². The third-order valence-corrected chi connectivity index (χ3v) is 1.95. The summed E-state index contributed by atoms with van der Waals surface area (Å²) in [6.07, 6.45) is 3.23. The lowest BCUT2D eigenvalue weighted by Gasteiger charge is -2.01. The van der Waals surface area contributed by atoms with Crippen molar-refractivity contribution in [3.63, 3.8) is 0 Å². The zero-order chi connectivity index (χ0) is 10.8. The molecule has 0 spiro atoms. The van der Waals surface area contributed by atoms with Crippen molar-refractivity contribution >= 4 is 5.97 Å². The first-order valence-electron chi connectivity index (χ1n) is 4.39. The number of carbonyl (C=O) groups is 1. The molecule has 0 unspecified atom stereocenters. The number of hydrogen-bond donors (Lipinski definition) is 1. The highest BCUT2D eigenvalue weighted by Gasteiger charge is 2.06. The van der Waals surface area contributed by atoms with Gasteiger partial charge >= 0.3 is 5.97 Å². The number of aryl methyl sites for hydroxylation is 1. The number of carboxylic acid groups (broad SMARTS) is 1. The minimum atomic E-state index is -1.04. The van der Waals surface area contributed by atoms with Crippen molar-refractivity contribution in [1.82, 2.24) is 14.8 Å². The predicted molar refractivity (Wildman–Crippen MR) is 53.1 cm³/mol. The lowest BCUT2D eigenvalue weighted by molar-refractivity contribution is 0.0690. The van der Waals surface area contributed by atoms with Gasteiger partial charge in [0.1, 0.15) is 5.69 Å². The molecule has 15 heavy (non-hydrogen) atoms. The summed E-state index contributed by atoms with van der Waals surface area (Å²) in [6, 6.07) is 5.04. The van der Waals surface area contributed by atoms with Gasteiger partial charge in [-0.1, -0.05) is 0 Å². The molecule has 0 aliphatic rings. The lowest BCUT2D eigenvalue weighted by Crippen LogP contribution is -2.03. The highest BCUT2D eigenvalue weighted by atomic mass is 16.4. The molecule has 2 aromatic heterocycles. The molecular formula is C10H9N3O2. The summed E-state index contributed by atoms with van der Waals surface area (Å²) in [4.78, 5) is 14.4. The number of aromatic carboxylic acids is 1. The first kappa shape index (κ1) is 9.39. The third kappa shape index (κ3) is 1.85. The van der Waals surface area contributed by atoms with E-state index in [4.69, 9.17) is 5.11 Å². The van der Waals surface area contributed by atoms with Gasteiger partial charge in [-0.25, -0.2) is 14.5 Å². The molecule has 5 nitrogen and oxygen atoms in total. The van der Waals surface area contributed by atoms with Gasteiger partial charge in [0.15, 0.2) is 0 Å². The Morgan fingerprint density at radius 2 is 2.27 bits per heavy atom. The summed E-state index contributed by atoms with van der Waals surface area (Å²) < 4.78 is 1.61. The van der Waals surface area contributed by atoms with Crippen molar-refractivity contribution in [2.24, 2.45) is 0 Å². The molecule has 5 heteroatoms. The van der Waals surface area contributed by atoms with Gasteiger partial charge in [0.05, 0.1) is 11.4 Å². The predicted octanol–water partition coefficient (Wildman–Crippen LogP) is 1.27. The van der Waals surface area contributed by atoms with Gasteiger partial charge in [-0.15, -0.1) is 0 Å². The summed E-state index contributed by atoms with van der Waals surface area (Å²) >= 11 is 0. The van der Waals surface area contributed by atoms with Crippen LogP contribution in [0, 0.1) is 6.92 Å². The second kappa shape index (κ2) is 3.53. The van der Waals surface area contributed by atoms with Crippen molar-refractivity contribution in [2.75, 3.05) is 0 Å². The zero-order valence-corrected chi connectivity index (χ0v) is 8.08. The van der Waals surface area contributed by atoms with E-state index in [2.05, 4.69) is 10.1 Å². The minimum absolute atomic E-state index is 0.0145. The first-order chi connectivity index (χ1) is 7.16. The smallest absolute Gasteiger partial charge is 0.354 e. The highest BCUT2D eigenvalue weighted by molar-refractivity contribution is 5.85. The van der Waals surface area contributed by atoms with Crippen LogP contribution in [-0.4, -0.2) is 25.8 Å². The SMILES string of the molecule is Cc1ccn(-c2ccnc(C(=O)O)c2)n1. The first-order valence-corrected chi connectivity index (χ1v) is 4.39. The van der Waals surface area contributed by atoms with Crippen LogP contribution in [0.25, 0.3) is 5.69 Å². The van der Waals surface area contributed by atoms with E-state index in [1.807, 2.05) is 13.0 Å². The molecular weight excluding hydrogens is 194 g/mol. The number of hydrogen-bond acceptors (Lipinski definition) is 3. The summed E-state index contributed by atoms with van der Waals surface area (Å²) in [5.41, 5.74) is 1.58. The molecule has 0 amide bonds. The van der Waals surface area contributed by atoms with Crippen molar-refractivity contribution < 1.29 is 9.90 Å². The van der Waals surface area contributed by atoms with Gasteiger partial charge in [-0.3, -0.25) is 0 Å². The van der Waals surface area contributed by atoms with Gasteiger partial charge in [-0.2, -0.15) is 5.10 Å². The number of pyridine rings is 1. The van der Waals surface area contributed by atoms with Gasteiger partial charge in [0.25, 0.3) is 0 Å². The van der Waals surface area contributed by atoms with Crippen LogP contribution >= 0.6 is 0 Å². The van der Waals surface area contributed by atoms with E-state index in [0.717, 1.165) is 5.69 Å². The molecule has 1 N–H and O–H groups in total. The molecule has 0 atom stereocenters. The Morgan fingerprint density at radius 1 is 1.47 bits per heavy atom. The molecule has 2 aromatic rings. The van der Waals surface area contributed by atoms with Gasteiger partial charge in [0, 0.05) is 12.4 Å². The maximum Gasteiger partial charge on any atom is 0.354 e. The van der Waals surface area contributed by atoms with Crippen LogP contribution in [0.4, 0.5) is 0 Å². The molecule has 0 saturated heterocycles. The van der Waals surface area contributed by atoms with Crippen molar-refractivity contribution in [3.05, 3.63) is 42.0 Å². The molecule has 0 radical (unpaired) electrons. The Labute approximate surface area is 86.0 Å². The Bertz CT molecular complexity index is 505. The van der Waals surface area contributed by atoms with Gasteiger partial charge in [0.2, 0.25) is 0 Å². The molecule has 76 valence electrons. The minimum Gasteiger partial charge on any atom is -0.477 e. The zero-order valence-electron chi connectivity index (χ0n) is 8.08. The van der Waals surface area contributed by atoms with Crippen molar-refractivity contribution in [1.29, 1.82) is 0 Å². The van der Waals surface area contributed by atoms with E-state index >= 15 is 0 Å². The molecule has 0 aromatic carbocycles. The van der Waals surface area contributed by atoms with Crippen LogP contribution in [0.5, 0.6) is 0 Å². The van der Waals surface area contributed by atoms with E-state index in [9.17, 15) is 4.79 Å². The molecule has 0 saturated carbocycles. The number of nitrogens with zero attached hydrogens (tertiary/aromatic N) is 3. The third-order valence-electron chi connectivity index (χ3n) is 1.95. The molecule has 0 fully saturated rings. The van der Waals surface area contributed by atoms with Crippen LogP contribution in [0.1, 0.15) is 16.2 Å². The van der Waals surface area contributed by atoms with E-state index in [0.29, 0.717) is 5.69 Å².